The summed E-state index contributed by atoms with van der Waals surface area (Å²) < 4.78 is 27.8. The molecule has 0 amide bonds. The minimum Gasteiger partial charge on any atom is -0.454 e. The fourth-order valence-corrected chi connectivity index (χ4v) is 12.7. The number of fused-ring (bicyclic) bond motifs is 12. The predicted molar refractivity (Wildman–Crippen MR) is 317 cm³/mol. The second kappa shape index (κ2) is 16.0. The molecule has 0 saturated heterocycles. The van der Waals surface area contributed by atoms with Gasteiger partial charge in [-0.15, -0.1) is 0 Å². The van der Waals surface area contributed by atoms with Gasteiger partial charge >= 0.3 is 0 Å². The molecule has 6 nitrogen and oxygen atoms in total. The molecule has 0 spiro atoms. The summed E-state index contributed by atoms with van der Waals surface area (Å²) in [5.41, 5.74) is 14.9. The van der Waals surface area contributed by atoms with Crippen LogP contribution in [0.2, 0.25) is 0 Å². The Hall–Kier alpha value is -9.52. The number of furan rings is 4. The van der Waals surface area contributed by atoms with Crippen LogP contribution in [0.15, 0.2) is 224 Å². The van der Waals surface area contributed by atoms with Crippen molar-refractivity contribution in [3.05, 3.63) is 217 Å². The number of hydrogen-bond acceptors (Lipinski definition) is 6. The molecule has 0 fully saturated rings. The van der Waals surface area contributed by atoms with Gasteiger partial charge in [-0.2, -0.15) is 0 Å². The first-order valence-corrected chi connectivity index (χ1v) is 26.4. The molecule has 362 valence electrons. The van der Waals surface area contributed by atoms with Gasteiger partial charge in [0.1, 0.15) is 22.3 Å². The van der Waals surface area contributed by atoms with Crippen molar-refractivity contribution in [3.8, 4) is 0 Å². The summed E-state index contributed by atoms with van der Waals surface area (Å²) >= 11 is 0. The lowest BCUT2D eigenvalue weighted by Gasteiger charge is -2.31. The van der Waals surface area contributed by atoms with Crippen LogP contribution in [0.1, 0.15) is 50.7 Å². The van der Waals surface area contributed by atoms with Gasteiger partial charge in [0.25, 0.3) is 0 Å². The molecular formula is C70H48N2O4. The SMILES string of the molecule is CC(C)c1cc(N(c2cccc3c2oc2ccccc23)c2cccc3c2oc2ccccc23)c2ccc3c(C(C)C)cc(N(c4cccc5c4oc4ccccc45)c4cccc5c4oc4ccccc45)c4ccc1c2c34. The van der Waals surface area contributed by atoms with E-state index >= 15 is 0 Å². The lowest BCUT2D eigenvalue weighted by Crippen LogP contribution is -2.13. The van der Waals surface area contributed by atoms with Gasteiger partial charge in [-0.1, -0.05) is 173 Å². The van der Waals surface area contributed by atoms with Crippen molar-refractivity contribution in [2.45, 2.75) is 39.5 Å². The van der Waals surface area contributed by atoms with Crippen LogP contribution in [-0.4, -0.2) is 0 Å². The largest absolute Gasteiger partial charge is 0.454 e. The lowest BCUT2D eigenvalue weighted by molar-refractivity contribution is 0.665. The molecule has 0 saturated carbocycles. The van der Waals surface area contributed by atoms with Gasteiger partial charge in [0.2, 0.25) is 0 Å². The van der Waals surface area contributed by atoms with Crippen LogP contribution in [0.4, 0.5) is 34.1 Å². The Labute approximate surface area is 436 Å². The van der Waals surface area contributed by atoms with Crippen molar-refractivity contribution in [2.24, 2.45) is 0 Å². The zero-order valence-electron chi connectivity index (χ0n) is 42.3. The normalized spacial score (nSPS) is 12.4. The van der Waals surface area contributed by atoms with Crippen molar-refractivity contribution in [2.75, 3.05) is 9.80 Å². The van der Waals surface area contributed by atoms with E-state index in [1.54, 1.807) is 0 Å². The highest BCUT2D eigenvalue weighted by atomic mass is 16.3. The molecule has 16 aromatic rings. The van der Waals surface area contributed by atoms with Gasteiger partial charge in [-0.25, -0.2) is 0 Å². The first-order valence-electron chi connectivity index (χ1n) is 26.4. The third-order valence-corrected chi connectivity index (χ3v) is 16.1. The van der Waals surface area contributed by atoms with Crippen LogP contribution in [0.3, 0.4) is 0 Å². The zero-order chi connectivity index (χ0) is 50.5. The summed E-state index contributed by atoms with van der Waals surface area (Å²) in [4.78, 5) is 4.82. The van der Waals surface area contributed by atoms with E-state index < -0.39 is 0 Å². The second-order valence-electron chi connectivity index (χ2n) is 21.0. The van der Waals surface area contributed by atoms with Crippen LogP contribution in [0, 0.1) is 0 Å². The fourth-order valence-electron chi connectivity index (χ4n) is 12.7. The number of para-hydroxylation sites is 8. The van der Waals surface area contributed by atoms with Crippen LogP contribution >= 0.6 is 0 Å². The molecule has 0 unspecified atom stereocenters. The molecule has 0 bridgehead atoms. The maximum absolute atomic E-state index is 6.96. The van der Waals surface area contributed by atoms with E-state index in [2.05, 4.69) is 219 Å². The highest BCUT2D eigenvalue weighted by Gasteiger charge is 2.31. The molecular weight excluding hydrogens is 933 g/mol. The van der Waals surface area contributed by atoms with E-state index in [9.17, 15) is 0 Å². The molecule has 12 aromatic carbocycles. The predicted octanol–water partition coefficient (Wildman–Crippen LogP) is 21.4. The number of benzene rings is 12. The molecule has 0 radical (unpaired) electrons. The highest BCUT2D eigenvalue weighted by Crippen LogP contribution is 2.55. The molecule has 0 N–H and O–H groups in total. The maximum Gasteiger partial charge on any atom is 0.159 e. The van der Waals surface area contributed by atoms with Gasteiger partial charge in [0.15, 0.2) is 22.3 Å². The van der Waals surface area contributed by atoms with Gasteiger partial charge in [0, 0.05) is 53.9 Å². The summed E-state index contributed by atoms with van der Waals surface area (Å²) in [5, 5.41) is 15.7. The zero-order valence-corrected chi connectivity index (χ0v) is 42.3. The smallest absolute Gasteiger partial charge is 0.159 e. The summed E-state index contributed by atoms with van der Waals surface area (Å²) in [6, 6.07) is 73.8. The number of hydrogen-bond donors (Lipinski definition) is 0. The number of rotatable bonds is 8. The van der Waals surface area contributed by atoms with E-state index in [0.717, 1.165) is 133 Å². The molecule has 4 aromatic heterocycles. The van der Waals surface area contributed by atoms with Gasteiger partial charge in [-0.05, 0) is 105 Å². The molecule has 0 aliphatic heterocycles. The maximum atomic E-state index is 6.96. The third-order valence-electron chi connectivity index (χ3n) is 16.1. The lowest BCUT2D eigenvalue weighted by atomic mass is 9.84. The average Bonchev–Trinajstić information content (AvgIpc) is 4.35. The van der Waals surface area contributed by atoms with E-state index in [1.807, 2.05) is 24.3 Å². The van der Waals surface area contributed by atoms with Gasteiger partial charge in [-0.3, -0.25) is 0 Å². The fraction of sp³-hybridized carbons (Fsp3) is 0.0857. The average molecular weight is 981 g/mol. The van der Waals surface area contributed by atoms with Crippen molar-refractivity contribution >= 4 is 154 Å². The quantitative estimate of drug-likeness (QED) is 0.141. The standard InChI is InChI=1S/C70H48N2O4/c1-39(2)53-37-59(71(55-25-13-21-47-41-17-5-9-29-61(41)73-67(47)55)56-26-14-22-48-42-18-6-10-30-62(42)74-68(48)56)51-36-34-46-54(40(3)4)38-60(52-35-33-45(53)65(51)66(46)52)72(57-27-15-23-49-43-19-7-11-31-63(43)75-69(49)57)58-28-16-24-50-44-20-8-12-32-64(44)76-70(50)58/h5-40H,1-4H3. The van der Waals surface area contributed by atoms with Crippen LogP contribution in [-0.2, 0) is 0 Å². The minimum absolute atomic E-state index is 0.172. The van der Waals surface area contributed by atoms with Crippen LogP contribution in [0.5, 0.6) is 0 Å². The van der Waals surface area contributed by atoms with Gasteiger partial charge < -0.3 is 27.5 Å². The van der Waals surface area contributed by atoms with Crippen molar-refractivity contribution in [1.82, 2.24) is 0 Å². The Bertz CT molecular complexity index is 4500. The Balaban J connectivity index is 1.05. The molecule has 0 aliphatic carbocycles. The van der Waals surface area contributed by atoms with Crippen LogP contribution in [0.25, 0.3) is 120 Å². The van der Waals surface area contributed by atoms with E-state index in [-0.39, 0.29) is 11.8 Å². The topological polar surface area (TPSA) is 59.0 Å². The highest BCUT2D eigenvalue weighted by molar-refractivity contribution is 6.31. The first-order chi connectivity index (χ1) is 37.4. The summed E-state index contributed by atoms with van der Waals surface area (Å²) in [5.74, 6) is 0.345. The summed E-state index contributed by atoms with van der Waals surface area (Å²) in [6.07, 6.45) is 0. The van der Waals surface area contributed by atoms with Crippen LogP contribution < -0.4 is 9.80 Å². The Kier molecular flexibility index (Phi) is 9.03. The van der Waals surface area contributed by atoms with E-state index in [0.29, 0.717) is 0 Å². The summed E-state index contributed by atoms with van der Waals surface area (Å²) in [6.45, 7) is 9.26. The Morgan fingerprint density at radius 1 is 0.250 bits per heavy atom. The van der Waals surface area contributed by atoms with Crippen molar-refractivity contribution < 1.29 is 17.7 Å². The molecule has 16 rings (SSSR count). The van der Waals surface area contributed by atoms with E-state index in [4.69, 9.17) is 17.7 Å². The van der Waals surface area contributed by atoms with Crippen molar-refractivity contribution in [1.29, 1.82) is 0 Å². The molecule has 76 heavy (non-hydrogen) atoms. The first kappa shape index (κ1) is 42.9. The number of nitrogens with zero attached hydrogens (tertiary/aromatic N) is 2. The molecule has 6 heteroatoms. The summed E-state index contributed by atoms with van der Waals surface area (Å²) in [7, 11) is 0. The minimum atomic E-state index is 0.172. The number of anilines is 6. The molecule has 4 heterocycles. The Morgan fingerprint density at radius 3 is 0.803 bits per heavy atom. The monoisotopic (exact) mass is 980 g/mol. The molecule has 0 atom stereocenters. The third kappa shape index (κ3) is 5.98. The molecule has 0 aliphatic rings. The van der Waals surface area contributed by atoms with E-state index in [1.165, 1.54) is 32.7 Å². The Morgan fingerprint density at radius 2 is 0.513 bits per heavy atom. The van der Waals surface area contributed by atoms with Crippen molar-refractivity contribution in [3.63, 3.8) is 0 Å². The second-order valence-corrected chi connectivity index (χ2v) is 21.0. The van der Waals surface area contributed by atoms with Gasteiger partial charge in [0.05, 0.1) is 34.1 Å².